The Morgan fingerprint density at radius 2 is 0.569 bits per heavy atom. The van der Waals surface area contributed by atoms with E-state index < -0.39 is 20.2 Å². The van der Waals surface area contributed by atoms with Crippen molar-refractivity contribution in [2.75, 3.05) is 0 Å². The zero-order chi connectivity index (χ0) is 46.5. The van der Waals surface area contributed by atoms with Crippen molar-refractivity contribution in [1.29, 1.82) is 0 Å². The van der Waals surface area contributed by atoms with Crippen LogP contribution in [0.25, 0.3) is 21.5 Å². The van der Waals surface area contributed by atoms with Crippen LogP contribution in [0.15, 0.2) is 70.5 Å². The summed E-state index contributed by atoms with van der Waals surface area (Å²) in [6, 6.07) is 19.5. The number of rotatable bonds is 34. The van der Waals surface area contributed by atoms with Crippen LogP contribution in [-0.4, -0.2) is 74.8 Å². The van der Waals surface area contributed by atoms with Crippen LogP contribution in [0, 0.1) is 0 Å². The molecule has 0 atom stereocenters. The van der Waals surface area contributed by atoms with Gasteiger partial charge in [0.15, 0.2) is 0 Å². The molecule has 0 aliphatic carbocycles. The minimum absolute atomic E-state index is 0. The molecule has 4 aromatic carbocycles. The number of hydrogen-bond donors (Lipinski definition) is 0. The molecule has 0 N–H and O–H groups in total. The molecule has 0 spiro atoms. The van der Waals surface area contributed by atoms with Crippen LogP contribution in [0.5, 0.6) is 0 Å². The van der Waals surface area contributed by atoms with Gasteiger partial charge in [-0.2, -0.15) is 0 Å². The molecule has 0 fully saturated rings. The zero-order valence-corrected chi connectivity index (χ0v) is 47.4. The first-order valence-corrected chi connectivity index (χ1v) is 28.8. The van der Waals surface area contributed by atoms with Gasteiger partial charge in [-0.25, -0.2) is 16.8 Å². The average Bonchev–Trinajstić information content (AvgIpc) is 3.27. The Kier molecular flexibility index (Phi) is 32.2. The van der Waals surface area contributed by atoms with Gasteiger partial charge in [0.1, 0.15) is 20.2 Å². The molecule has 0 saturated carbocycles. The van der Waals surface area contributed by atoms with E-state index in [2.05, 4.69) is 39.8 Å². The largest absolute Gasteiger partial charge is 2.00 e. The van der Waals surface area contributed by atoms with Crippen LogP contribution >= 0.6 is 0 Å². The average molecular weight is 1060 g/mol. The normalized spacial score (nSPS) is 11.8. The minimum Gasteiger partial charge on any atom is -0.744 e. The van der Waals surface area contributed by atoms with E-state index in [1.807, 2.05) is 36.4 Å². The Bertz CT molecular complexity index is 1960. The molecule has 65 heavy (non-hydrogen) atoms. The van der Waals surface area contributed by atoms with Crippen molar-refractivity contribution >= 4 is 90.7 Å². The molecular formula is C56H86BaO6S2. The second-order valence-electron chi connectivity index (χ2n) is 18.5. The van der Waals surface area contributed by atoms with Crippen LogP contribution in [0.4, 0.5) is 0 Å². The van der Waals surface area contributed by atoms with Crippen LogP contribution in [0.2, 0.25) is 0 Å². The van der Waals surface area contributed by atoms with Crippen LogP contribution in [0.1, 0.15) is 230 Å². The molecule has 9 heteroatoms. The predicted molar refractivity (Wildman–Crippen MR) is 276 cm³/mol. The third-order valence-corrected chi connectivity index (χ3v) is 14.9. The van der Waals surface area contributed by atoms with Crippen molar-refractivity contribution in [3.63, 3.8) is 0 Å². The number of aryl methyl sites for hydroxylation is 4. The van der Waals surface area contributed by atoms with E-state index >= 15 is 0 Å². The number of fused-ring (bicyclic) bond motifs is 2. The van der Waals surface area contributed by atoms with E-state index in [9.17, 15) is 25.9 Å². The third-order valence-electron chi connectivity index (χ3n) is 13.1. The first kappa shape index (κ1) is 59.9. The van der Waals surface area contributed by atoms with E-state index in [-0.39, 0.29) is 58.7 Å². The van der Waals surface area contributed by atoms with Crippen molar-refractivity contribution in [2.45, 2.75) is 243 Å². The second kappa shape index (κ2) is 35.0. The molecule has 0 aliphatic heterocycles. The predicted octanol–water partition coefficient (Wildman–Crippen LogP) is 16.3. The molecule has 0 aliphatic rings. The van der Waals surface area contributed by atoms with Gasteiger partial charge in [0.25, 0.3) is 0 Å². The van der Waals surface area contributed by atoms with Crippen molar-refractivity contribution in [1.82, 2.24) is 0 Å². The monoisotopic (exact) mass is 1060 g/mol. The zero-order valence-electron chi connectivity index (χ0n) is 41.4. The maximum Gasteiger partial charge on any atom is 2.00 e. The number of hydrogen-bond acceptors (Lipinski definition) is 6. The van der Waals surface area contributed by atoms with Gasteiger partial charge in [0.2, 0.25) is 0 Å². The van der Waals surface area contributed by atoms with Crippen molar-refractivity contribution < 1.29 is 25.9 Å². The standard InChI is InChI=1S/2C28H44O3S.Ba/c2*1-3-5-7-9-11-13-15-19-24-23-28(32(29,30)31)27(26-21-18-17-20-25(24)26)22-16-14-12-10-8-6-4-2;/h2*17-18,20-21,23H,3-16,19,22H2,1-2H3,(H,29,30,31);/q;;+2/p-2. The molecule has 0 saturated heterocycles. The fraction of sp³-hybridized carbons (Fsp3) is 0.643. The van der Waals surface area contributed by atoms with Gasteiger partial charge in [-0.3, -0.25) is 0 Å². The molecular weight excluding hydrogens is 970 g/mol. The summed E-state index contributed by atoms with van der Waals surface area (Å²) in [6.07, 6.45) is 36.4. The topological polar surface area (TPSA) is 114 Å². The molecule has 0 aromatic heterocycles. The molecule has 0 amide bonds. The SMILES string of the molecule is CCCCCCCCCc1cc(S(=O)(=O)[O-])c(CCCCCCCCC)c2ccccc12.CCCCCCCCCc1cc(S(=O)(=O)[O-])c(CCCCCCCCC)c2ccccc12.[Ba+2]. The first-order valence-electron chi connectivity index (χ1n) is 26.0. The van der Waals surface area contributed by atoms with Gasteiger partial charge >= 0.3 is 48.9 Å². The number of unbranched alkanes of at least 4 members (excludes halogenated alkanes) is 24. The molecule has 0 radical (unpaired) electrons. The Hall–Kier alpha value is -1.21. The first-order chi connectivity index (χ1) is 31.0. The molecule has 0 heterocycles. The quantitative estimate of drug-likeness (QED) is 0.0261. The van der Waals surface area contributed by atoms with Crippen molar-refractivity contribution in [3.8, 4) is 0 Å². The molecule has 360 valence electrons. The van der Waals surface area contributed by atoms with Gasteiger partial charge in [-0.1, -0.05) is 230 Å². The Morgan fingerprint density at radius 3 is 0.831 bits per heavy atom. The van der Waals surface area contributed by atoms with Gasteiger partial charge in [-0.05, 0) is 107 Å². The summed E-state index contributed by atoms with van der Waals surface area (Å²) in [5, 5.41) is 4.13. The summed E-state index contributed by atoms with van der Waals surface area (Å²) in [6.45, 7) is 8.88. The van der Waals surface area contributed by atoms with Crippen molar-refractivity contribution in [3.05, 3.63) is 82.9 Å². The van der Waals surface area contributed by atoms with Gasteiger partial charge in [0, 0.05) is 0 Å². The van der Waals surface area contributed by atoms with E-state index in [1.165, 1.54) is 128 Å². The molecule has 4 aromatic rings. The second-order valence-corrected chi connectivity index (χ2v) is 21.2. The van der Waals surface area contributed by atoms with E-state index in [0.717, 1.165) is 108 Å². The van der Waals surface area contributed by atoms with E-state index in [1.54, 1.807) is 12.1 Å². The maximum atomic E-state index is 12.2. The number of benzene rings is 4. The Balaban J connectivity index is 0.000000440. The van der Waals surface area contributed by atoms with Gasteiger partial charge in [0.05, 0.1) is 9.79 Å². The van der Waals surface area contributed by atoms with Gasteiger partial charge < -0.3 is 9.11 Å². The molecule has 0 bridgehead atoms. The van der Waals surface area contributed by atoms with E-state index in [4.69, 9.17) is 0 Å². The fourth-order valence-corrected chi connectivity index (χ4v) is 11.0. The summed E-state index contributed by atoms with van der Waals surface area (Å²) in [4.78, 5) is 0.0280. The Morgan fingerprint density at radius 1 is 0.338 bits per heavy atom. The minimum atomic E-state index is -4.50. The van der Waals surface area contributed by atoms with Crippen LogP contribution in [0.3, 0.4) is 0 Å². The summed E-state index contributed by atoms with van der Waals surface area (Å²) in [5.74, 6) is 0. The van der Waals surface area contributed by atoms with E-state index in [0.29, 0.717) is 12.8 Å². The van der Waals surface area contributed by atoms with Crippen molar-refractivity contribution in [2.24, 2.45) is 0 Å². The Labute approximate surface area is 438 Å². The maximum absolute atomic E-state index is 12.2. The smallest absolute Gasteiger partial charge is 0.744 e. The van der Waals surface area contributed by atoms with Gasteiger partial charge in [-0.15, -0.1) is 0 Å². The third kappa shape index (κ3) is 22.8. The molecule has 0 unspecified atom stereocenters. The summed E-state index contributed by atoms with van der Waals surface area (Å²) < 4.78 is 73.1. The summed E-state index contributed by atoms with van der Waals surface area (Å²) in [5.41, 5.74) is 3.47. The summed E-state index contributed by atoms with van der Waals surface area (Å²) in [7, 11) is -9.00. The summed E-state index contributed by atoms with van der Waals surface area (Å²) >= 11 is 0. The molecule has 6 nitrogen and oxygen atoms in total. The van der Waals surface area contributed by atoms with Crippen LogP contribution < -0.4 is 0 Å². The fourth-order valence-electron chi connectivity index (χ4n) is 9.40. The molecule has 4 rings (SSSR count). The van der Waals surface area contributed by atoms with Crippen LogP contribution in [-0.2, 0) is 45.9 Å².